The monoisotopic (exact) mass is 317 g/mol. The zero-order valence-corrected chi connectivity index (χ0v) is 13.7. The molecule has 0 aliphatic rings. The summed E-state index contributed by atoms with van der Waals surface area (Å²) in [7, 11) is 0. The lowest BCUT2D eigenvalue weighted by molar-refractivity contribution is -0.122. The van der Waals surface area contributed by atoms with Crippen molar-refractivity contribution in [2.45, 2.75) is 32.8 Å². The number of benzene rings is 2. The van der Waals surface area contributed by atoms with Crippen LogP contribution >= 0.6 is 11.6 Å². The van der Waals surface area contributed by atoms with Crippen molar-refractivity contribution in [2.24, 2.45) is 0 Å². The normalized spacial score (nSPS) is 12.0. The van der Waals surface area contributed by atoms with E-state index < -0.39 is 6.10 Å². The molecule has 0 saturated carbocycles. The Labute approximate surface area is 136 Å². The quantitative estimate of drug-likeness (QED) is 0.854. The van der Waals surface area contributed by atoms with Crippen LogP contribution in [0.1, 0.15) is 32.3 Å². The van der Waals surface area contributed by atoms with E-state index >= 15 is 0 Å². The molecule has 1 N–H and O–H groups in total. The van der Waals surface area contributed by atoms with Crippen LogP contribution in [0.3, 0.4) is 0 Å². The Morgan fingerprint density at radius 1 is 1.05 bits per heavy atom. The molecule has 1 atom stereocenters. The maximum Gasteiger partial charge on any atom is 0.265 e. The van der Waals surface area contributed by atoms with Crippen molar-refractivity contribution in [3.05, 3.63) is 59.1 Å². The van der Waals surface area contributed by atoms with Crippen LogP contribution in [0.5, 0.6) is 5.75 Å². The third-order valence-corrected chi connectivity index (χ3v) is 3.69. The molecule has 4 heteroatoms. The minimum absolute atomic E-state index is 0.235. The van der Waals surface area contributed by atoms with Gasteiger partial charge in [-0.25, -0.2) is 0 Å². The number of hydrogen-bond donors (Lipinski definition) is 1. The molecule has 0 fully saturated rings. The molecule has 2 aromatic carbocycles. The fraction of sp³-hybridized carbons (Fsp3) is 0.278. The first-order chi connectivity index (χ1) is 10.5. The topological polar surface area (TPSA) is 38.3 Å². The van der Waals surface area contributed by atoms with Gasteiger partial charge in [-0.05, 0) is 42.7 Å². The summed E-state index contributed by atoms with van der Waals surface area (Å²) in [5.41, 5.74) is 1.82. The average Bonchev–Trinajstić information content (AvgIpc) is 2.50. The Bertz CT molecular complexity index is 638. The first kappa shape index (κ1) is 16.4. The highest BCUT2D eigenvalue weighted by molar-refractivity contribution is 6.33. The van der Waals surface area contributed by atoms with Gasteiger partial charge in [0.05, 0.1) is 10.7 Å². The Morgan fingerprint density at radius 2 is 1.68 bits per heavy atom. The van der Waals surface area contributed by atoms with Gasteiger partial charge in [0, 0.05) is 0 Å². The van der Waals surface area contributed by atoms with Crippen LogP contribution in [-0.2, 0) is 4.79 Å². The van der Waals surface area contributed by atoms with Gasteiger partial charge in [-0.3, -0.25) is 4.79 Å². The Morgan fingerprint density at radius 3 is 2.27 bits per heavy atom. The minimum Gasteiger partial charge on any atom is -0.481 e. The number of carbonyl (C=O) groups is 1. The fourth-order valence-corrected chi connectivity index (χ4v) is 2.17. The predicted molar refractivity (Wildman–Crippen MR) is 90.7 cm³/mol. The lowest BCUT2D eigenvalue weighted by atomic mass is 10.0. The summed E-state index contributed by atoms with van der Waals surface area (Å²) in [6.07, 6.45) is -0.610. The van der Waals surface area contributed by atoms with Crippen LogP contribution in [0, 0.1) is 0 Å². The summed E-state index contributed by atoms with van der Waals surface area (Å²) in [5.74, 6) is 0.905. The molecule has 1 amide bonds. The highest BCUT2D eigenvalue weighted by atomic mass is 35.5. The molecule has 1 unspecified atom stereocenters. The third-order valence-electron chi connectivity index (χ3n) is 3.36. The molecule has 2 rings (SSSR count). The van der Waals surface area contributed by atoms with Crippen LogP contribution in [0.15, 0.2) is 48.5 Å². The molecule has 0 aromatic heterocycles. The largest absolute Gasteiger partial charge is 0.481 e. The van der Waals surface area contributed by atoms with E-state index in [4.69, 9.17) is 16.3 Å². The standard InChI is InChI=1S/C18H20ClNO2/c1-12(2)14-8-10-15(11-9-14)22-13(3)18(21)20-17-7-5-4-6-16(17)19/h4-13H,1-3H3,(H,20,21). The Balaban J connectivity index is 1.98. The molecule has 0 spiro atoms. The maximum atomic E-state index is 12.1. The van der Waals surface area contributed by atoms with Crippen molar-refractivity contribution in [1.82, 2.24) is 0 Å². The van der Waals surface area contributed by atoms with Crippen molar-refractivity contribution < 1.29 is 9.53 Å². The van der Waals surface area contributed by atoms with Crippen LogP contribution < -0.4 is 10.1 Å². The summed E-state index contributed by atoms with van der Waals surface area (Å²) in [6.45, 7) is 5.98. The van der Waals surface area contributed by atoms with E-state index in [-0.39, 0.29) is 5.91 Å². The van der Waals surface area contributed by atoms with Crippen LogP contribution in [0.4, 0.5) is 5.69 Å². The molecular formula is C18H20ClNO2. The molecule has 3 nitrogen and oxygen atoms in total. The van der Waals surface area contributed by atoms with E-state index in [0.717, 1.165) is 0 Å². The molecule has 0 aliphatic carbocycles. The molecule has 0 aliphatic heterocycles. The number of anilines is 1. The van der Waals surface area contributed by atoms with Crippen molar-refractivity contribution in [3.63, 3.8) is 0 Å². The van der Waals surface area contributed by atoms with Crippen LogP contribution in [-0.4, -0.2) is 12.0 Å². The summed E-state index contributed by atoms with van der Waals surface area (Å²) in [5, 5.41) is 3.27. The molecular weight excluding hydrogens is 298 g/mol. The van der Waals surface area contributed by atoms with Crippen molar-refractivity contribution in [1.29, 1.82) is 0 Å². The smallest absolute Gasteiger partial charge is 0.265 e. The average molecular weight is 318 g/mol. The first-order valence-electron chi connectivity index (χ1n) is 7.29. The van der Waals surface area contributed by atoms with E-state index in [9.17, 15) is 4.79 Å². The van der Waals surface area contributed by atoms with E-state index in [2.05, 4.69) is 19.2 Å². The van der Waals surface area contributed by atoms with Gasteiger partial charge in [0.25, 0.3) is 5.91 Å². The highest BCUT2D eigenvalue weighted by Crippen LogP contribution is 2.22. The van der Waals surface area contributed by atoms with Gasteiger partial charge in [-0.15, -0.1) is 0 Å². The second kappa shape index (κ2) is 7.32. The van der Waals surface area contributed by atoms with Gasteiger partial charge < -0.3 is 10.1 Å². The van der Waals surface area contributed by atoms with E-state index in [0.29, 0.717) is 22.4 Å². The van der Waals surface area contributed by atoms with Gasteiger partial charge in [0.2, 0.25) is 0 Å². The summed E-state index contributed by atoms with van der Waals surface area (Å²) >= 11 is 6.02. The minimum atomic E-state index is -0.610. The zero-order valence-electron chi connectivity index (χ0n) is 13.0. The van der Waals surface area contributed by atoms with E-state index in [1.165, 1.54) is 5.56 Å². The zero-order chi connectivity index (χ0) is 16.1. The number of para-hydroxylation sites is 1. The number of halogens is 1. The molecule has 0 bridgehead atoms. The van der Waals surface area contributed by atoms with Crippen molar-refractivity contribution >= 4 is 23.2 Å². The number of rotatable bonds is 5. The van der Waals surface area contributed by atoms with Crippen LogP contribution in [0.2, 0.25) is 5.02 Å². The molecule has 2 aromatic rings. The number of nitrogens with one attached hydrogen (secondary N) is 1. The van der Waals surface area contributed by atoms with E-state index in [1.807, 2.05) is 36.4 Å². The summed E-state index contributed by atoms with van der Waals surface area (Å²) < 4.78 is 5.67. The lowest BCUT2D eigenvalue weighted by Gasteiger charge is -2.16. The fourth-order valence-electron chi connectivity index (χ4n) is 1.99. The van der Waals surface area contributed by atoms with Crippen molar-refractivity contribution in [3.8, 4) is 5.75 Å². The lowest BCUT2D eigenvalue weighted by Crippen LogP contribution is -2.30. The maximum absolute atomic E-state index is 12.1. The second-order valence-electron chi connectivity index (χ2n) is 5.45. The summed E-state index contributed by atoms with van der Waals surface area (Å²) in [6, 6.07) is 14.9. The van der Waals surface area contributed by atoms with Crippen LogP contribution in [0.25, 0.3) is 0 Å². The molecule has 0 heterocycles. The Hall–Kier alpha value is -2.00. The molecule has 0 radical (unpaired) electrons. The number of carbonyl (C=O) groups excluding carboxylic acids is 1. The number of amides is 1. The summed E-state index contributed by atoms with van der Waals surface area (Å²) in [4.78, 5) is 12.1. The predicted octanol–water partition coefficient (Wildman–Crippen LogP) is 4.87. The van der Waals surface area contributed by atoms with E-state index in [1.54, 1.807) is 19.1 Å². The van der Waals surface area contributed by atoms with Gasteiger partial charge in [-0.2, -0.15) is 0 Å². The first-order valence-corrected chi connectivity index (χ1v) is 7.67. The molecule has 116 valence electrons. The van der Waals surface area contributed by atoms with Crippen molar-refractivity contribution in [2.75, 3.05) is 5.32 Å². The molecule has 0 saturated heterocycles. The number of ether oxygens (including phenoxy) is 1. The Kier molecular flexibility index (Phi) is 5.45. The SMILES string of the molecule is CC(Oc1ccc(C(C)C)cc1)C(=O)Nc1ccccc1Cl. The third kappa shape index (κ3) is 4.25. The van der Waals surface area contributed by atoms with Gasteiger partial charge in [-0.1, -0.05) is 49.7 Å². The van der Waals surface area contributed by atoms with Gasteiger partial charge in [0.15, 0.2) is 6.10 Å². The van der Waals surface area contributed by atoms with Gasteiger partial charge >= 0.3 is 0 Å². The number of hydrogen-bond acceptors (Lipinski definition) is 2. The second-order valence-corrected chi connectivity index (χ2v) is 5.86. The highest BCUT2D eigenvalue weighted by Gasteiger charge is 2.16. The van der Waals surface area contributed by atoms with Gasteiger partial charge in [0.1, 0.15) is 5.75 Å². The molecule has 22 heavy (non-hydrogen) atoms.